The monoisotopic (exact) mass is 313 g/mol. The van der Waals surface area contributed by atoms with Crippen molar-refractivity contribution in [2.45, 2.75) is 6.92 Å². The Hall–Kier alpha value is -1.21. The van der Waals surface area contributed by atoms with Crippen molar-refractivity contribution in [3.63, 3.8) is 0 Å². The molecule has 5 nitrogen and oxygen atoms in total. The van der Waals surface area contributed by atoms with Crippen molar-refractivity contribution >= 4 is 17.2 Å². The summed E-state index contributed by atoms with van der Waals surface area (Å²) in [4.78, 5) is 0.399. The van der Waals surface area contributed by atoms with E-state index in [1.165, 1.54) is 0 Å². The fourth-order valence-electron chi connectivity index (χ4n) is 1.69. The van der Waals surface area contributed by atoms with Gasteiger partial charge in [-0.3, -0.25) is 0 Å². The Kier molecular flexibility index (Phi) is 8.93. The predicted molar refractivity (Wildman–Crippen MR) is 86.1 cm³/mol. The first-order valence-corrected chi connectivity index (χ1v) is 7.23. The zero-order chi connectivity index (χ0) is 15.5. The van der Waals surface area contributed by atoms with Crippen molar-refractivity contribution in [1.82, 2.24) is 0 Å². The van der Waals surface area contributed by atoms with E-state index in [2.05, 4.69) is 0 Å². The molecule has 118 valence electrons. The zero-order valence-electron chi connectivity index (χ0n) is 12.6. The Bertz CT molecular complexity index is 440. The SMILES string of the molecule is COCCOCCOCCOc1ccc(C(N)=S)c(C)c1. The van der Waals surface area contributed by atoms with E-state index in [4.69, 9.17) is 36.9 Å². The minimum absolute atomic E-state index is 0.399. The molecule has 21 heavy (non-hydrogen) atoms. The molecule has 0 saturated heterocycles. The number of methoxy groups -OCH3 is 1. The highest BCUT2D eigenvalue weighted by Crippen LogP contribution is 2.17. The maximum atomic E-state index is 5.61. The van der Waals surface area contributed by atoms with Gasteiger partial charge in [0.25, 0.3) is 0 Å². The third-order valence-electron chi connectivity index (χ3n) is 2.76. The molecule has 0 saturated carbocycles. The fraction of sp³-hybridized carbons (Fsp3) is 0.533. The van der Waals surface area contributed by atoms with Crippen molar-refractivity contribution in [3.05, 3.63) is 29.3 Å². The van der Waals surface area contributed by atoms with Crippen LogP contribution >= 0.6 is 12.2 Å². The number of rotatable bonds is 11. The number of hydrogen-bond donors (Lipinski definition) is 1. The maximum Gasteiger partial charge on any atom is 0.119 e. The number of hydrogen-bond acceptors (Lipinski definition) is 5. The van der Waals surface area contributed by atoms with Crippen LogP contribution < -0.4 is 10.5 Å². The van der Waals surface area contributed by atoms with E-state index in [1.807, 2.05) is 25.1 Å². The summed E-state index contributed by atoms with van der Waals surface area (Å²) in [6.45, 7) is 5.26. The van der Waals surface area contributed by atoms with Gasteiger partial charge >= 0.3 is 0 Å². The normalized spacial score (nSPS) is 10.6. The summed E-state index contributed by atoms with van der Waals surface area (Å²) in [7, 11) is 1.65. The molecule has 0 fully saturated rings. The summed E-state index contributed by atoms with van der Waals surface area (Å²) in [5.41, 5.74) is 7.50. The first-order chi connectivity index (χ1) is 10.1. The molecule has 0 amide bonds. The largest absolute Gasteiger partial charge is 0.491 e. The van der Waals surface area contributed by atoms with E-state index < -0.39 is 0 Å². The van der Waals surface area contributed by atoms with Gasteiger partial charge in [0.2, 0.25) is 0 Å². The van der Waals surface area contributed by atoms with Crippen LogP contribution in [-0.4, -0.2) is 51.7 Å². The van der Waals surface area contributed by atoms with E-state index >= 15 is 0 Å². The van der Waals surface area contributed by atoms with Gasteiger partial charge in [-0.1, -0.05) is 12.2 Å². The van der Waals surface area contributed by atoms with Crippen LogP contribution in [-0.2, 0) is 14.2 Å². The molecule has 2 N–H and O–H groups in total. The lowest BCUT2D eigenvalue weighted by atomic mass is 10.1. The van der Waals surface area contributed by atoms with Crippen molar-refractivity contribution in [2.24, 2.45) is 5.73 Å². The van der Waals surface area contributed by atoms with Crippen LogP contribution in [0.25, 0.3) is 0 Å². The highest BCUT2D eigenvalue weighted by molar-refractivity contribution is 7.80. The van der Waals surface area contributed by atoms with Gasteiger partial charge in [-0.05, 0) is 30.7 Å². The van der Waals surface area contributed by atoms with Crippen LogP contribution in [0.5, 0.6) is 5.75 Å². The van der Waals surface area contributed by atoms with Gasteiger partial charge in [0, 0.05) is 12.7 Å². The first kappa shape index (κ1) is 17.8. The quantitative estimate of drug-likeness (QED) is 0.495. The average molecular weight is 313 g/mol. The minimum Gasteiger partial charge on any atom is -0.491 e. The predicted octanol–water partition coefficient (Wildman–Crippen LogP) is 1.69. The van der Waals surface area contributed by atoms with Gasteiger partial charge in [-0.2, -0.15) is 0 Å². The highest BCUT2D eigenvalue weighted by Gasteiger charge is 2.03. The lowest BCUT2D eigenvalue weighted by Crippen LogP contribution is -2.13. The topological polar surface area (TPSA) is 62.9 Å². The van der Waals surface area contributed by atoms with Gasteiger partial charge in [0.1, 0.15) is 17.3 Å². The molecule has 1 aromatic rings. The highest BCUT2D eigenvalue weighted by atomic mass is 32.1. The van der Waals surface area contributed by atoms with E-state index in [-0.39, 0.29) is 0 Å². The number of ether oxygens (including phenoxy) is 4. The van der Waals surface area contributed by atoms with E-state index in [9.17, 15) is 0 Å². The molecule has 0 spiro atoms. The molecule has 0 atom stereocenters. The summed E-state index contributed by atoms with van der Waals surface area (Å²) in [5, 5.41) is 0. The molecule has 6 heteroatoms. The summed E-state index contributed by atoms with van der Waals surface area (Å²) in [5.74, 6) is 0.785. The van der Waals surface area contributed by atoms with Gasteiger partial charge in [-0.15, -0.1) is 0 Å². The minimum atomic E-state index is 0.399. The van der Waals surface area contributed by atoms with Crippen molar-refractivity contribution in [2.75, 3.05) is 46.8 Å². The van der Waals surface area contributed by atoms with E-state index in [0.717, 1.165) is 16.9 Å². The Balaban J connectivity index is 2.13. The molecular weight excluding hydrogens is 290 g/mol. The summed E-state index contributed by atoms with van der Waals surface area (Å²) >= 11 is 4.96. The number of thiocarbonyl (C=S) groups is 1. The van der Waals surface area contributed by atoms with E-state index in [1.54, 1.807) is 7.11 Å². The second-order valence-corrected chi connectivity index (χ2v) is 4.85. The molecule has 1 rings (SSSR count). The van der Waals surface area contributed by atoms with Crippen LogP contribution in [0.2, 0.25) is 0 Å². The third kappa shape index (κ3) is 7.38. The number of benzene rings is 1. The fourth-order valence-corrected chi connectivity index (χ4v) is 1.91. The molecule has 0 radical (unpaired) electrons. The van der Waals surface area contributed by atoms with Crippen molar-refractivity contribution in [1.29, 1.82) is 0 Å². The lowest BCUT2D eigenvalue weighted by Gasteiger charge is -2.10. The van der Waals surface area contributed by atoms with Gasteiger partial charge in [0.05, 0.1) is 33.0 Å². The number of nitrogens with two attached hydrogens (primary N) is 1. The van der Waals surface area contributed by atoms with Gasteiger partial charge in [0.15, 0.2) is 0 Å². The first-order valence-electron chi connectivity index (χ1n) is 6.83. The van der Waals surface area contributed by atoms with E-state index in [0.29, 0.717) is 44.6 Å². The number of aryl methyl sites for hydroxylation is 1. The summed E-state index contributed by atoms with van der Waals surface area (Å²) in [6.07, 6.45) is 0. The summed E-state index contributed by atoms with van der Waals surface area (Å²) < 4.78 is 21.1. The lowest BCUT2D eigenvalue weighted by molar-refractivity contribution is 0.0179. The molecule has 0 aliphatic carbocycles. The maximum absolute atomic E-state index is 5.61. The molecular formula is C15H23NO4S. The third-order valence-corrected chi connectivity index (χ3v) is 2.98. The molecule has 0 heterocycles. The van der Waals surface area contributed by atoms with Crippen molar-refractivity contribution < 1.29 is 18.9 Å². The van der Waals surface area contributed by atoms with Crippen LogP contribution in [0.15, 0.2) is 18.2 Å². The molecule has 1 aromatic carbocycles. The molecule has 0 aromatic heterocycles. The zero-order valence-corrected chi connectivity index (χ0v) is 13.4. The Morgan fingerprint density at radius 1 is 1.05 bits per heavy atom. The van der Waals surface area contributed by atoms with Crippen LogP contribution in [0, 0.1) is 6.92 Å². The Morgan fingerprint density at radius 2 is 1.67 bits per heavy atom. The Labute approximate surface area is 131 Å². The molecule has 0 bridgehead atoms. The molecule has 0 aliphatic heterocycles. The Morgan fingerprint density at radius 3 is 2.24 bits per heavy atom. The molecule has 0 aliphatic rings. The van der Waals surface area contributed by atoms with Crippen LogP contribution in [0.4, 0.5) is 0 Å². The second kappa shape index (κ2) is 10.5. The van der Waals surface area contributed by atoms with Gasteiger partial charge in [-0.25, -0.2) is 0 Å². The molecule has 0 unspecified atom stereocenters. The second-order valence-electron chi connectivity index (χ2n) is 4.41. The van der Waals surface area contributed by atoms with Crippen molar-refractivity contribution in [3.8, 4) is 5.75 Å². The van der Waals surface area contributed by atoms with Crippen LogP contribution in [0.1, 0.15) is 11.1 Å². The van der Waals surface area contributed by atoms with Crippen LogP contribution in [0.3, 0.4) is 0 Å². The average Bonchev–Trinajstić information content (AvgIpc) is 2.45. The smallest absolute Gasteiger partial charge is 0.119 e. The standard InChI is InChI=1S/C15H23NO4S/c1-12-11-13(3-4-14(12)15(16)21)20-10-9-19-8-7-18-6-5-17-2/h3-4,11H,5-10H2,1-2H3,(H2,16,21). The summed E-state index contributed by atoms with van der Waals surface area (Å²) in [6, 6.07) is 5.65. The van der Waals surface area contributed by atoms with Gasteiger partial charge < -0.3 is 24.7 Å².